The lowest BCUT2D eigenvalue weighted by Gasteiger charge is -2.16. The van der Waals surface area contributed by atoms with Crippen molar-refractivity contribution in [2.75, 3.05) is 0 Å². The fraction of sp³-hybridized carbons (Fsp3) is 0.219. The molecule has 2 aliphatic rings. The van der Waals surface area contributed by atoms with Crippen LogP contribution in [0.5, 0.6) is 11.5 Å². The van der Waals surface area contributed by atoms with Crippen LogP contribution in [0.25, 0.3) is 39.4 Å². The quantitative estimate of drug-likeness (QED) is 0.247. The number of benzene rings is 3. The Balaban J connectivity index is 1.40. The van der Waals surface area contributed by atoms with Gasteiger partial charge in [0.2, 0.25) is 5.91 Å². The second-order valence-corrected chi connectivity index (χ2v) is 10.8. The van der Waals surface area contributed by atoms with Crippen molar-refractivity contribution < 1.29 is 27.5 Å². The Morgan fingerprint density at radius 1 is 0.905 bits per heavy atom. The van der Waals surface area contributed by atoms with Crippen molar-refractivity contribution in [1.29, 1.82) is 0 Å². The Bertz CT molecular complexity index is 1900. The van der Waals surface area contributed by atoms with E-state index in [9.17, 15) is 13.6 Å². The van der Waals surface area contributed by atoms with Gasteiger partial charge < -0.3 is 24.2 Å². The van der Waals surface area contributed by atoms with Crippen LogP contribution in [0.3, 0.4) is 0 Å². The zero-order chi connectivity index (χ0) is 29.4. The van der Waals surface area contributed by atoms with Crippen molar-refractivity contribution in [3.8, 4) is 50.9 Å². The van der Waals surface area contributed by atoms with Crippen LogP contribution in [0.15, 0.2) is 71.3 Å². The maximum absolute atomic E-state index is 13.7. The van der Waals surface area contributed by atoms with E-state index >= 15 is 0 Å². The third-order valence-corrected chi connectivity index (χ3v) is 7.88. The number of primary amides is 1. The lowest BCUT2D eigenvalue weighted by atomic mass is 9.91. The largest absolute Gasteiger partial charge is 0.586 e. The van der Waals surface area contributed by atoms with Gasteiger partial charge in [0.1, 0.15) is 11.5 Å². The van der Waals surface area contributed by atoms with Crippen molar-refractivity contribution >= 4 is 5.91 Å². The molecule has 8 nitrogen and oxygen atoms in total. The van der Waals surface area contributed by atoms with Crippen molar-refractivity contribution in [1.82, 2.24) is 14.5 Å². The van der Waals surface area contributed by atoms with Crippen LogP contribution in [0.1, 0.15) is 35.8 Å². The van der Waals surface area contributed by atoms with E-state index in [0.29, 0.717) is 22.9 Å². The predicted octanol–water partition coefficient (Wildman–Crippen LogP) is 6.62. The summed E-state index contributed by atoms with van der Waals surface area (Å²) in [7, 11) is 0. The Kier molecular flexibility index (Phi) is 5.56. The summed E-state index contributed by atoms with van der Waals surface area (Å²) in [6, 6.07) is 18.4. The highest BCUT2D eigenvalue weighted by molar-refractivity contribution is 5.91. The SMILES string of the molecule is Cc1cn(-c2ccc(-c3cccc(C4(C(N)=O)CC4)c3)cc2-c2nc(C)oc2-c2ccc3c(c2)OC(F)(F)O3)c(C)n1. The second kappa shape index (κ2) is 9.01. The minimum Gasteiger partial charge on any atom is -0.440 e. The molecule has 0 radical (unpaired) electrons. The first-order valence-corrected chi connectivity index (χ1v) is 13.5. The van der Waals surface area contributed by atoms with E-state index in [1.54, 1.807) is 13.0 Å². The highest BCUT2D eigenvalue weighted by atomic mass is 19.3. The van der Waals surface area contributed by atoms with Gasteiger partial charge in [-0.2, -0.15) is 0 Å². The fourth-order valence-electron chi connectivity index (χ4n) is 5.67. The molecule has 7 rings (SSSR count). The number of nitrogens with zero attached hydrogens (tertiary/aromatic N) is 3. The molecule has 1 aliphatic carbocycles. The molecule has 0 spiro atoms. The summed E-state index contributed by atoms with van der Waals surface area (Å²) in [6.07, 6.45) is -0.328. The summed E-state index contributed by atoms with van der Waals surface area (Å²) in [6.45, 7) is 5.57. The van der Waals surface area contributed by atoms with Gasteiger partial charge in [-0.15, -0.1) is 8.78 Å². The maximum Gasteiger partial charge on any atom is 0.586 e. The molecule has 1 saturated carbocycles. The number of rotatable bonds is 6. The van der Waals surface area contributed by atoms with Gasteiger partial charge >= 0.3 is 6.29 Å². The van der Waals surface area contributed by atoms with E-state index in [2.05, 4.69) is 9.72 Å². The number of aromatic nitrogens is 3. The molecule has 0 unspecified atom stereocenters. The monoisotopic (exact) mass is 568 g/mol. The Hall–Kier alpha value is -4.99. The van der Waals surface area contributed by atoms with E-state index in [1.807, 2.05) is 67.1 Å². The van der Waals surface area contributed by atoms with Crippen LogP contribution in [0.2, 0.25) is 0 Å². The number of ether oxygens (including phenoxy) is 2. The molecule has 42 heavy (non-hydrogen) atoms. The molecule has 5 aromatic rings. The van der Waals surface area contributed by atoms with Gasteiger partial charge in [0.15, 0.2) is 23.1 Å². The first-order chi connectivity index (χ1) is 20.0. The molecule has 212 valence electrons. The van der Waals surface area contributed by atoms with Gasteiger partial charge in [-0.3, -0.25) is 4.79 Å². The summed E-state index contributed by atoms with van der Waals surface area (Å²) < 4.78 is 44.8. The first-order valence-electron chi connectivity index (χ1n) is 13.5. The van der Waals surface area contributed by atoms with Gasteiger partial charge in [0, 0.05) is 24.2 Å². The van der Waals surface area contributed by atoms with Gasteiger partial charge in [-0.25, -0.2) is 9.97 Å². The van der Waals surface area contributed by atoms with Crippen LogP contribution in [0.4, 0.5) is 8.78 Å². The Labute approximate surface area is 239 Å². The minimum atomic E-state index is -3.73. The molecule has 1 aliphatic heterocycles. The van der Waals surface area contributed by atoms with E-state index in [-0.39, 0.29) is 17.4 Å². The number of imidazole rings is 1. The highest BCUT2D eigenvalue weighted by Crippen LogP contribution is 2.49. The summed E-state index contributed by atoms with van der Waals surface area (Å²) in [5, 5.41) is 0. The van der Waals surface area contributed by atoms with E-state index in [1.165, 1.54) is 12.1 Å². The molecular weight excluding hydrogens is 542 g/mol. The molecular formula is C32H26F2N4O4. The average molecular weight is 569 g/mol. The number of halogens is 2. The number of carbonyl (C=O) groups is 1. The number of oxazole rings is 1. The molecule has 2 N–H and O–H groups in total. The number of hydrogen-bond donors (Lipinski definition) is 1. The second-order valence-electron chi connectivity index (χ2n) is 10.8. The van der Waals surface area contributed by atoms with Crippen LogP contribution in [-0.4, -0.2) is 26.7 Å². The van der Waals surface area contributed by atoms with Crippen LogP contribution in [0, 0.1) is 20.8 Å². The van der Waals surface area contributed by atoms with Crippen LogP contribution >= 0.6 is 0 Å². The molecule has 2 aromatic heterocycles. The normalized spacial score (nSPS) is 16.0. The smallest absolute Gasteiger partial charge is 0.440 e. The zero-order valence-corrected chi connectivity index (χ0v) is 23.1. The van der Waals surface area contributed by atoms with E-state index in [4.69, 9.17) is 19.9 Å². The maximum atomic E-state index is 13.7. The van der Waals surface area contributed by atoms with Crippen molar-refractivity contribution in [3.05, 3.63) is 89.8 Å². The zero-order valence-electron chi connectivity index (χ0n) is 23.1. The molecule has 3 heterocycles. The molecule has 1 amide bonds. The minimum absolute atomic E-state index is 0.0574. The standard InChI is InChI=1S/C32H26F2N4O4/c1-17-16-38(18(2)36-17)25-9-7-21(20-5-4-6-23(13-20)31(11-12-31)30(35)39)14-24(25)28-29(40-19(3)37-28)22-8-10-26-27(15-22)42-32(33,34)41-26/h4-10,13-16H,11-12H2,1-3H3,(H2,35,39). The summed E-state index contributed by atoms with van der Waals surface area (Å²) in [4.78, 5) is 21.5. The highest BCUT2D eigenvalue weighted by Gasteiger charge is 2.50. The third-order valence-electron chi connectivity index (χ3n) is 7.88. The van der Waals surface area contributed by atoms with Crippen LogP contribution in [-0.2, 0) is 10.2 Å². The molecule has 3 aromatic carbocycles. The summed E-state index contributed by atoms with van der Waals surface area (Å²) >= 11 is 0. The fourth-order valence-corrected chi connectivity index (χ4v) is 5.67. The number of carbonyl (C=O) groups excluding carboxylic acids is 1. The first kappa shape index (κ1) is 25.9. The van der Waals surface area contributed by atoms with Crippen LogP contribution < -0.4 is 15.2 Å². The molecule has 10 heteroatoms. The van der Waals surface area contributed by atoms with Crippen molar-refractivity contribution in [2.24, 2.45) is 5.73 Å². The number of nitrogens with two attached hydrogens (primary N) is 1. The molecule has 1 fully saturated rings. The molecule has 0 bridgehead atoms. The Morgan fingerprint density at radius 3 is 2.36 bits per heavy atom. The van der Waals surface area contributed by atoms with E-state index < -0.39 is 11.7 Å². The third kappa shape index (κ3) is 4.22. The van der Waals surface area contributed by atoms with Gasteiger partial charge in [0.25, 0.3) is 0 Å². The van der Waals surface area contributed by atoms with Crippen molar-refractivity contribution in [2.45, 2.75) is 45.3 Å². The number of amides is 1. The lowest BCUT2D eigenvalue weighted by Crippen LogP contribution is -2.28. The average Bonchev–Trinajstić information content (AvgIpc) is 3.45. The predicted molar refractivity (Wildman–Crippen MR) is 150 cm³/mol. The topological polar surface area (TPSA) is 105 Å². The summed E-state index contributed by atoms with van der Waals surface area (Å²) in [5.74, 6) is 1.11. The van der Waals surface area contributed by atoms with Gasteiger partial charge in [-0.1, -0.05) is 30.3 Å². The molecule has 0 atom stereocenters. The van der Waals surface area contributed by atoms with Gasteiger partial charge in [0.05, 0.1) is 16.8 Å². The van der Waals surface area contributed by atoms with E-state index in [0.717, 1.165) is 52.3 Å². The number of hydrogen-bond acceptors (Lipinski definition) is 6. The molecule has 0 saturated heterocycles. The number of aryl methyl sites for hydroxylation is 3. The van der Waals surface area contributed by atoms with Gasteiger partial charge in [-0.05, 0) is 73.7 Å². The lowest BCUT2D eigenvalue weighted by molar-refractivity contribution is -0.286. The number of alkyl halides is 2. The summed E-state index contributed by atoms with van der Waals surface area (Å²) in [5.41, 5.74) is 11.3. The van der Waals surface area contributed by atoms with Crippen molar-refractivity contribution in [3.63, 3.8) is 0 Å². The Morgan fingerprint density at radius 2 is 1.64 bits per heavy atom. The number of fused-ring (bicyclic) bond motifs is 1.